The van der Waals surface area contributed by atoms with Gasteiger partial charge in [0.15, 0.2) is 17.8 Å². The van der Waals surface area contributed by atoms with Crippen LogP contribution in [0.2, 0.25) is 0 Å². The summed E-state index contributed by atoms with van der Waals surface area (Å²) in [5.41, 5.74) is 3.84. The topological polar surface area (TPSA) is 76.5 Å². The average Bonchev–Trinajstić information content (AvgIpc) is 2.94. The van der Waals surface area contributed by atoms with Crippen molar-refractivity contribution in [3.63, 3.8) is 0 Å². The second-order valence-electron chi connectivity index (χ2n) is 4.08. The fourth-order valence-corrected chi connectivity index (χ4v) is 2.15. The van der Waals surface area contributed by atoms with E-state index in [1.54, 1.807) is 6.33 Å². The molecule has 0 saturated heterocycles. The number of rotatable bonds is 2. The zero-order valence-electron chi connectivity index (χ0n) is 10.0. The number of carbonyl (C=O) groups is 1. The molecule has 0 aliphatic carbocycles. The van der Waals surface area contributed by atoms with Crippen molar-refractivity contribution in [3.05, 3.63) is 35.7 Å². The van der Waals surface area contributed by atoms with Crippen molar-refractivity contribution in [2.75, 3.05) is 0 Å². The van der Waals surface area contributed by atoms with Crippen LogP contribution in [0.25, 0.3) is 17.0 Å². The summed E-state index contributed by atoms with van der Waals surface area (Å²) >= 11 is 0. The molecular formula is C12H11N5O. The molecule has 0 radical (unpaired) electrons. The highest BCUT2D eigenvalue weighted by Gasteiger charge is 2.14. The second-order valence-corrected chi connectivity index (χ2v) is 4.08. The predicted molar refractivity (Wildman–Crippen MR) is 65.9 cm³/mol. The van der Waals surface area contributed by atoms with Gasteiger partial charge in [0.2, 0.25) is 0 Å². The lowest BCUT2D eigenvalue weighted by molar-refractivity contribution is 0.112. The number of fused-ring (bicyclic) bond motifs is 1. The van der Waals surface area contributed by atoms with Crippen molar-refractivity contribution in [2.24, 2.45) is 0 Å². The molecule has 0 bridgehead atoms. The predicted octanol–water partition coefficient (Wildman–Crippen LogP) is 1.57. The summed E-state index contributed by atoms with van der Waals surface area (Å²) < 4.78 is 1.92. The van der Waals surface area contributed by atoms with E-state index in [1.807, 2.05) is 24.5 Å². The van der Waals surface area contributed by atoms with E-state index in [1.165, 1.54) is 6.33 Å². The van der Waals surface area contributed by atoms with Crippen molar-refractivity contribution >= 4 is 17.5 Å². The zero-order valence-corrected chi connectivity index (χ0v) is 10.0. The van der Waals surface area contributed by atoms with E-state index in [-0.39, 0.29) is 0 Å². The first-order chi connectivity index (χ1) is 8.72. The van der Waals surface area contributed by atoms with Gasteiger partial charge in [0, 0.05) is 17.0 Å². The van der Waals surface area contributed by atoms with Gasteiger partial charge in [-0.3, -0.25) is 4.79 Å². The average molecular weight is 241 g/mol. The Morgan fingerprint density at radius 2 is 2.11 bits per heavy atom. The summed E-state index contributed by atoms with van der Waals surface area (Å²) in [6.45, 7) is 3.82. The molecule has 3 heterocycles. The molecule has 6 nitrogen and oxygen atoms in total. The first-order valence-electron chi connectivity index (χ1n) is 5.51. The maximum atomic E-state index is 11.0. The van der Waals surface area contributed by atoms with Gasteiger partial charge >= 0.3 is 0 Å². The van der Waals surface area contributed by atoms with Crippen LogP contribution in [-0.4, -0.2) is 30.8 Å². The summed E-state index contributed by atoms with van der Waals surface area (Å²) in [4.78, 5) is 26.5. The minimum Gasteiger partial charge on any atom is -0.340 e. The molecule has 0 unspecified atom stereocenters. The summed E-state index contributed by atoms with van der Waals surface area (Å²) in [6, 6.07) is 1.84. The van der Waals surface area contributed by atoms with Crippen LogP contribution in [0.1, 0.15) is 21.7 Å². The quantitative estimate of drug-likeness (QED) is 0.691. The second kappa shape index (κ2) is 3.76. The molecule has 0 amide bonds. The smallest absolute Gasteiger partial charge is 0.182 e. The Morgan fingerprint density at radius 1 is 1.28 bits per heavy atom. The monoisotopic (exact) mass is 241 g/mol. The van der Waals surface area contributed by atoms with E-state index in [0.29, 0.717) is 17.0 Å². The Kier molecular flexibility index (Phi) is 2.22. The highest BCUT2D eigenvalue weighted by atomic mass is 16.1. The maximum Gasteiger partial charge on any atom is 0.182 e. The van der Waals surface area contributed by atoms with Crippen molar-refractivity contribution in [1.29, 1.82) is 0 Å². The third kappa shape index (κ3) is 1.35. The molecule has 18 heavy (non-hydrogen) atoms. The fourth-order valence-electron chi connectivity index (χ4n) is 2.15. The van der Waals surface area contributed by atoms with Gasteiger partial charge in [-0.05, 0) is 19.9 Å². The van der Waals surface area contributed by atoms with Crippen LogP contribution in [0, 0.1) is 13.8 Å². The van der Waals surface area contributed by atoms with E-state index >= 15 is 0 Å². The van der Waals surface area contributed by atoms with E-state index in [0.717, 1.165) is 23.2 Å². The number of aldehydes is 1. The van der Waals surface area contributed by atoms with Gasteiger partial charge in [0.05, 0.1) is 6.33 Å². The fraction of sp³-hybridized carbons (Fsp3) is 0.167. The largest absolute Gasteiger partial charge is 0.340 e. The minimum atomic E-state index is 0.611. The van der Waals surface area contributed by atoms with Gasteiger partial charge in [-0.25, -0.2) is 15.0 Å². The van der Waals surface area contributed by atoms with Gasteiger partial charge in [-0.15, -0.1) is 0 Å². The maximum absolute atomic E-state index is 11.0. The number of aromatic amines is 1. The molecular weight excluding hydrogens is 230 g/mol. The highest BCUT2D eigenvalue weighted by Crippen LogP contribution is 2.21. The first kappa shape index (κ1) is 10.6. The van der Waals surface area contributed by atoms with E-state index in [2.05, 4.69) is 19.9 Å². The van der Waals surface area contributed by atoms with Crippen LogP contribution in [0.3, 0.4) is 0 Å². The van der Waals surface area contributed by atoms with Gasteiger partial charge in [0.1, 0.15) is 11.8 Å². The summed E-state index contributed by atoms with van der Waals surface area (Å²) in [7, 11) is 0. The van der Waals surface area contributed by atoms with Crippen molar-refractivity contribution < 1.29 is 4.79 Å². The summed E-state index contributed by atoms with van der Waals surface area (Å²) in [5.74, 6) is 0.709. The minimum absolute atomic E-state index is 0.611. The Labute approximate surface area is 103 Å². The van der Waals surface area contributed by atoms with Gasteiger partial charge < -0.3 is 9.55 Å². The number of aryl methyl sites for hydroxylation is 1. The van der Waals surface area contributed by atoms with Crippen molar-refractivity contribution in [1.82, 2.24) is 24.5 Å². The number of H-pyrrole nitrogens is 1. The molecule has 90 valence electrons. The Hall–Kier alpha value is -2.50. The molecule has 0 saturated carbocycles. The molecule has 1 N–H and O–H groups in total. The van der Waals surface area contributed by atoms with Crippen LogP contribution in [0.15, 0.2) is 18.7 Å². The Morgan fingerprint density at radius 3 is 2.83 bits per heavy atom. The van der Waals surface area contributed by atoms with E-state index in [4.69, 9.17) is 0 Å². The number of aromatic nitrogens is 5. The number of nitrogens with zero attached hydrogens (tertiary/aromatic N) is 4. The molecule has 3 aromatic rings. The molecule has 0 aliphatic heterocycles. The lowest BCUT2D eigenvalue weighted by Gasteiger charge is -2.08. The van der Waals surface area contributed by atoms with E-state index < -0.39 is 0 Å². The van der Waals surface area contributed by atoms with Crippen LogP contribution >= 0.6 is 0 Å². The number of hydrogen-bond donors (Lipinski definition) is 1. The Balaban J connectivity index is 2.36. The van der Waals surface area contributed by atoms with Gasteiger partial charge in [-0.2, -0.15) is 0 Å². The summed E-state index contributed by atoms with van der Waals surface area (Å²) in [6.07, 6.45) is 3.90. The van der Waals surface area contributed by atoms with Gasteiger partial charge in [-0.1, -0.05) is 0 Å². The Bertz CT molecular complexity index is 740. The van der Waals surface area contributed by atoms with Crippen LogP contribution in [-0.2, 0) is 0 Å². The van der Waals surface area contributed by atoms with Crippen molar-refractivity contribution in [2.45, 2.75) is 13.8 Å². The standard InChI is InChI=1S/C12H11N5O/c1-7-3-9(4-18)8(2)17(7)12-10-11(14-5-13-10)15-6-16-12/h3-6H,1-2H3,(H,13,14,15,16). The third-order valence-corrected chi connectivity index (χ3v) is 3.01. The molecule has 6 heteroatoms. The summed E-state index contributed by atoms with van der Waals surface area (Å²) in [5, 5.41) is 0. The molecule has 0 aliphatic rings. The third-order valence-electron chi connectivity index (χ3n) is 3.01. The number of nitrogens with one attached hydrogen (secondary N) is 1. The molecule has 0 spiro atoms. The zero-order chi connectivity index (χ0) is 12.7. The first-order valence-corrected chi connectivity index (χ1v) is 5.51. The normalized spacial score (nSPS) is 11.0. The molecule has 0 fully saturated rings. The van der Waals surface area contributed by atoms with Crippen LogP contribution in [0.4, 0.5) is 0 Å². The SMILES string of the molecule is Cc1cc(C=O)c(C)n1-c1ncnc2nc[nH]c12. The molecule has 3 aromatic heterocycles. The number of imidazole rings is 1. The van der Waals surface area contributed by atoms with Gasteiger partial charge in [0.25, 0.3) is 0 Å². The van der Waals surface area contributed by atoms with Crippen molar-refractivity contribution in [3.8, 4) is 5.82 Å². The lowest BCUT2D eigenvalue weighted by atomic mass is 10.3. The number of carbonyl (C=O) groups excluding carboxylic acids is 1. The highest BCUT2D eigenvalue weighted by molar-refractivity contribution is 5.81. The number of hydrogen-bond acceptors (Lipinski definition) is 4. The molecule has 0 atom stereocenters. The van der Waals surface area contributed by atoms with Crippen LogP contribution in [0.5, 0.6) is 0 Å². The lowest BCUT2D eigenvalue weighted by Crippen LogP contribution is -2.03. The molecule has 3 rings (SSSR count). The van der Waals surface area contributed by atoms with E-state index in [9.17, 15) is 4.79 Å². The van der Waals surface area contributed by atoms with Crippen LogP contribution < -0.4 is 0 Å². The molecule has 0 aromatic carbocycles.